The Balaban J connectivity index is 2.07. The number of hydrogen-bond donors (Lipinski definition) is 0. The van der Waals surface area contributed by atoms with Crippen molar-refractivity contribution < 1.29 is 18.7 Å². The summed E-state index contributed by atoms with van der Waals surface area (Å²) < 4.78 is 10.2. The summed E-state index contributed by atoms with van der Waals surface area (Å²) in [7, 11) is 1.33. The number of Topliss-reactive ketones (excluding diaryl/α,β-unsaturated/α-hetero) is 1. The fourth-order valence-corrected chi connectivity index (χ4v) is 2.61. The number of rotatable bonds is 4. The van der Waals surface area contributed by atoms with Gasteiger partial charge in [0.2, 0.25) is 5.76 Å². The smallest absolute Gasteiger partial charge is 0.373 e. The summed E-state index contributed by atoms with van der Waals surface area (Å²) in [6.45, 7) is 5.57. The maximum absolute atomic E-state index is 11.8. The second-order valence-electron chi connectivity index (χ2n) is 5.19. The van der Waals surface area contributed by atoms with Gasteiger partial charge in [-0.3, -0.25) is 9.69 Å². The van der Waals surface area contributed by atoms with Crippen molar-refractivity contribution >= 4 is 11.8 Å². The first-order valence-electron chi connectivity index (χ1n) is 7.01. The van der Waals surface area contributed by atoms with Gasteiger partial charge >= 0.3 is 5.97 Å². The van der Waals surface area contributed by atoms with E-state index in [-0.39, 0.29) is 17.7 Å². The average molecular weight is 279 g/mol. The van der Waals surface area contributed by atoms with Crippen LogP contribution in [0.1, 0.15) is 49.0 Å². The van der Waals surface area contributed by atoms with Gasteiger partial charge in [0.1, 0.15) is 11.5 Å². The van der Waals surface area contributed by atoms with Gasteiger partial charge in [-0.05, 0) is 25.5 Å². The first kappa shape index (κ1) is 14.8. The summed E-state index contributed by atoms with van der Waals surface area (Å²) in [5.41, 5.74) is 0. The molecule has 0 amide bonds. The Labute approximate surface area is 118 Å². The molecule has 2 atom stereocenters. The summed E-state index contributed by atoms with van der Waals surface area (Å²) in [5, 5.41) is 0. The van der Waals surface area contributed by atoms with E-state index < -0.39 is 5.97 Å². The molecular weight excluding hydrogens is 258 g/mol. The van der Waals surface area contributed by atoms with Gasteiger partial charge in [-0.2, -0.15) is 0 Å². The Hall–Kier alpha value is -1.62. The van der Waals surface area contributed by atoms with Crippen molar-refractivity contribution in [3.8, 4) is 0 Å². The third-order valence-corrected chi connectivity index (χ3v) is 4.02. The van der Waals surface area contributed by atoms with E-state index in [1.807, 2.05) is 13.8 Å². The Morgan fingerprint density at radius 3 is 2.95 bits per heavy atom. The predicted octanol–water partition coefficient (Wildman–Crippen LogP) is 2.43. The van der Waals surface area contributed by atoms with Crippen LogP contribution in [0.15, 0.2) is 16.5 Å². The van der Waals surface area contributed by atoms with Gasteiger partial charge < -0.3 is 9.15 Å². The number of likely N-dealkylation sites (tertiary alicyclic amines) is 1. The molecule has 0 aliphatic carbocycles. The van der Waals surface area contributed by atoms with Gasteiger partial charge in [-0.25, -0.2) is 4.79 Å². The minimum absolute atomic E-state index is 0.0514. The highest BCUT2D eigenvalue weighted by molar-refractivity contribution is 5.86. The van der Waals surface area contributed by atoms with E-state index in [1.165, 1.54) is 7.11 Å². The maximum atomic E-state index is 11.8. The normalized spacial score (nSPS) is 21.8. The molecule has 0 N–H and O–H groups in total. The molecule has 0 bridgehead atoms. The monoisotopic (exact) mass is 279 g/mol. The van der Waals surface area contributed by atoms with Crippen molar-refractivity contribution in [1.29, 1.82) is 0 Å². The van der Waals surface area contributed by atoms with Crippen LogP contribution in [0, 0.1) is 5.92 Å². The molecule has 5 nitrogen and oxygen atoms in total. The summed E-state index contributed by atoms with van der Waals surface area (Å²) in [6, 6.07) is 3.48. The molecule has 0 radical (unpaired) electrons. The van der Waals surface area contributed by atoms with Gasteiger partial charge in [0.25, 0.3) is 0 Å². The molecule has 2 rings (SSSR count). The minimum atomic E-state index is -0.469. The van der Waals surface area contributed by atoms with E-state index in [9.17, 15) is 9.59 Å². The summed E-state index contributed by atoms with van der Waals surface area (Å²) >= 11 is 0. The molecule has 20 heavy (non-hydrogen) atoms. The first-order valence-corrected chi connectivity index (χ1v) is 7.01. The van der Waals surface area contributed by atoms with Crippen LogP contribution in [0.25, 0.3) is 0 Å². The van der Waals surface area contributed by atoms with E-state index in [2.05, 4.69) is 9.64 Å². The molecule has 0 saturated carbocycles. The molecule has 1 aromatic rings. The summed E-state index contributed by atoms with van der Waals surface area (Å²) in [5.74, 6) is 0.944. The SMILES string of the molecule is CCC1CN(C(C)c2ccc(C(=O)OC)o2)CCC1=O. The highest BCUT2D eigenvalue weighted by atomic mass is 16.5. The zero-order valence-electron chi connectivity index (χ0n) is 12.2. The number of nitrogens with zero attached hydrogens (tertiary/aromatic N) is 1. The first-order chi connectivity index (χ1) is 9.56. The largest absolute Gasteiger partial charge is 0.463 e. The van der Waals surface area contributed by atoms with Gasteiger partial charge in [0.05, 0.1) is 13.2 Å². The van der Waals surface area contributed by atoms with E-state index in [0.717, 1.165) is 25.3 Å². The lowest BCUT2D eigenvalue weighted by Gasteiger charge is -2.34. The van der Waals surface area contributed by atoms with E-state index in [1.54, 1.807) is 12.1 Å². The standard InChI is InChI=1S/C15H21NO4/c1-4-11-9-16(8-7-12(11)17)10(2)13-5-6-14(20-13)15(18)19-3/h5-6,10-11H,4,7-9H2,1-3H3. The lowest BCUT2D eigenvalue weighted by molar-refractivity contribution is -0.127. The van der Waals surface area contributed by atoms with Crippen LogP contribution in [0.5, 0.6) is 0 Å². The Morgan fingerprint density at radius 1 is 1.55 bits per heavy atom. The second kappa shape index (κ2) is 6.22. The van der Waals surface area contributed by atoms with Crippen LogP contribution < -0.4 is 0 Å². The number of piperidine rings is 1. The lowest BCUT2D eigenvalue weighted by Crippen LogP contribution is -2.41. The molecular formula is C15H21NO4. The number of esters is 1. The average Bonchev–Trinajstić information content (AvgIpc) is 2.96. The molecule has 2 heterocycles. The maximum Gasteiger partial charge on any atom is 0.373 e. The Morgan fingerprint density at radius 2 is 2.30 bits per heavy atom. The lowest BCUT2D eigenvalue weighted by atomic mass is 9.93. The van der Waals surface area contributed by atoms with Crippen LogP contribution in [-0.2, 0) is 9.53 Å². The van der Waals surface area contributed by atoms with Crippen molar-refractivity contribution in [2.75, 3.05) is 20.2 Å². The van der Waals surface area contributed by atoms with Crippen molar-refractivity contribution in [2.24, 2.45) is 5.92 Å². The third kappa shape index (κ3) is 2.93. The van der Waals surface area contributed by atoms with E-state index in [4.69, 9.17) is 4.42 Å². The predicted molar refractivity (Wildman–Crippen MR) is 73.4 cm³/mol. The third-order valence-electron chi connectivity index (χ3n) is 4.02. The molecule has 1 aliphatic heterocycles. The fraction of sp³-hybridized carbons (Fsp3) is 0.600. The van der Waals surface area contributed by atoms with Crippen molar-refractivity contribution in [1.82, 2.24) is 4.90 Å². The van der Waals surface area contributed by atoms with E-state index in [0.29, 0.717) is 12.2 Å². The van der Waals surface area contributed by atoms with Gasteiger partial charge in [0, 0.05) is 25.4 Å². The topological polar surface area (TPSA) is 59.8 Å². The number of hydrogen-bond acceptors (Lipinski definition) is 5. The summed E-state index contributed by atoms with van der Waals surface area (Å²) in [4.78, 5) is 25.4. The zero-order valence-corrected chi connectivity index (χ0v) is 12.2. The van der Waals surface area contributed by atoms with Gasteiger partial charge in [-0.15, -0.1) is 0 Å². The number of carbonyl (C=O) groups excluding carboxylic acids is 2. The van der Waals surface area contributed by atoms with Crippen LogP contribution in [0.3, 0.4) is 0 Å². The number of carbonyl (C=O) groups is 2. The molecule has 1 aromatic heterocycles. The molecule has 1 fully saturated rings. The Bertz CT molecular complexity index is 494. The molecule has 1 saturated heterocycles. The number of methoxy groups -OCH3 is 1. The van der Waals surface area contributed by atoms with E-state index >= 15 is 0 Å². The van der Waals surface area contributed by atoms with Crippen LogP contribution in [-0.4, -0.2) is 36.9 Å². The molecule has 0 aromatic carbocycles. The quantitative estimate of drug-likeness (QED) is 0.792. The molecule has 110 valence electrons. The zero-order chi connectivity index (χ0) is 14.7. The van der Waals surface area contributed by atoms with Gasteiger partial charge in [-0.1, -0.05) is 6.92 Å². The number of furan rings is 1. The van der Waals surface area contributed by atoms with Crippen LogP contribution in [0.2, 0.25) is 0 Å². The number of ketones is 1. The van der Waals surface area contributed by atoms with Gasteiger partial charge in [0.15, 0.2) is 0 Å². The second-order valence-corrected chi connectivity index (χ2v) is 5.19. The molecule has 2 unspecified atom stereocenters. The highest BCUT2D eigenvalue weighted by Gasteiger charge is 2.30. The van der Waals surface area contributed by atoms with Crippen LogP contribution >= 0.6 is 0 Å². The van der Waals surface area contributed by atoms with Crippen molar-refractivity contribution in [3.63, 3.8) is 0 Å². The van der Waals surface area contributed by atoms with Crippen LogP contribution in [0.4, 0.5) is 0 Å². The van der Waals surface area contributed by atoms with Crippen molar-refractivity contribution in [3.05, 3.63) is 23.7 Å². The van der Waals surface area contributed by atoms with Crippen molar-refractivity contribution in [2.45, 2.75) is 32.7 Å². The minimum Gasteiger partial charge on any atom is -0.463 e. The summed E-state index contributed by atoms with van der Waals surface area (Å²) in [6.07, 6.45) is 1.46. The highest BCUT2D eigenvalue weighted by Crippen LogP contribution is 2.27. The molecule has 5 heteroatoms. The molecule has 0 spiro atoms. The molecule has 1 aliphatic rings. The fourth-order valence-electron chi connectivity index (χ4n) is 2.61. The Kier molecular flexibility index (Phi) is 4.60. The number of ether oxygens (including phenoxy) is 1.